The van der Waals surface area contributed by atoms with Crippen LogP contribution in [-0.2, 0) is 12.8 Å². The number of hydrogen-bond acceptors (Lipinski definition) is 2. The smallest absolute Gasteiger partial charge is 0.123 e. The monoisotopic (exact) mass is 212 g/mol. The molecule has 0 spiro atoms. The van der Waals surface area contributed by atoms with Gasteiger partial charge in [-0.3, -0.25) is 0 Å². The molecule has 0 radical (unpaired) electrons. The van der Waals surface area contributed by atoms with Crippen LogP contribution in [0.25, 0.3) is 0 Å². The summed E-state index contributed by atoms with van der Waals surface area (Å²) in [7, 11) is 0. The predicted molar refractivity (Wildman–Crippen MR) is 67.2 cm³/mol. The second-order valence-electron chi connectivity index (χ2n) is 4.07. The third-order valence-corrected chi connectivity index (χ3v) is 2.67. The molecular formula is C14H16N2. The molecule has 1 aromatic carbocycles. The highest BCUT2D eigenvalue weighted by molar-refractivity contribution is 5.32. The summed E-state index contributed by atoms with van der Waals surface area (Å²) in [5.74, 6) is 0.599. The first kappa shape index (κ1) is 10.7. The van der Waals surface area contributed by atoms with Gasteiger partial charge in [0, 0.05) is 6.20 Å². The second-order valence-corrected chi connectivity index (χ2v) is 4.07. The number of hydrogen-bond donors (Lipinski definition) is 1. The zero-order valence-corrected chi connectivity index (χ0v) is 9.48. The van der Waals surface area contributed by atoms with Gasteiger partial charge in [-0.15, -0.1) is 0 Å². The Labute approximate surface area is 96.1 Å². The van der Waals surface area contributed by atoms with E-state index in [1.165, 1.54) is 16.7 Å². The van der Waals surface area contributed by atoms with Gasteiger partial charge in [-0.25, -0.2) is 4.98 Å². The lowest BCUT2D eigenvalue weighted by molar-refractivity contribution is 0.955. The molecule has 0 bridgehead atoms. The fraction of sp³-hybridized carbons (Fsp3) is 0.214. The Morgan fingerprint density at radius 1 is 1.00 bits per heavy atom. The van der Waals surface area contributed by atoms with Gasteiger partial charge in [0.25, 0.3) is 0 Å². The van der Waals surface area contributed by atoms with E-state index in [0.29, 0.717) is 5.82 Å². The van der Waals surface area contributed by atoms with Crippen LogP contribution in [0.5, 0.6) is 0 Å². The Hall–Kier alpha value is -1.83. The molecule has 1 aromatic heterocycles. The van der Waals surface area contributed by atoms with Gasteiger partial charge in [0.1, 0.15) is 5.82 Å². The lowest BCUT2D eigenvalue weighted by Crippen LogP contribution is -1.95. The van der Waals surface area contributed by atoms with Gasteiger partial charge in [-0.1, -0.05) is 29.8 Å². The summed E-state index contributed by atoms with van der Waals surface area (Å²) in [6.07, 6.45) is 3.82. The Morgan fingerprint density at radius 2 is 1.69 bits per heavy atom. The van der Waals surface area contributed by atoms with Crippen LogP contribution in [0, 0.1) is 6.92 Å². The zero-order chi connectivity index (χ0) is 11.4. The van der Waals surface area contributed by atoms with Crippen molar-refractivity contribution in [3.05, 3.63) is 59.3 Å². The fourth-order valence-corrected chi connectivity index (χ4v) is 1.69. The largest absolute Gasteiger partial charge is 0.384 e. The van der Waals surface area contributed by atoms with Crippen LogP contribution < -0.4 is 5.73 Å². The van der Waals surface area contributed by atoms with Crippen LogP contribution in [0.1, 0.15) is 16.7 Å². The van der Waals surface area contributed by atoms with Crippen LogP contribution in [0.15, 0.2) is 42.6 Å². The zero-order valence-electron chi connectivity index (χ0n) is 9.48. The summed E-state index contributed by atoms with van der Waals surface area (Å²) in [6.45, 7) is 2.10. The number of nitrogens with two attached hydrogens (primary N) is 1. The molecule has 2 rings (SSSR count). The Morgan fingerprint density at radius 3 is 2.38 bits per heavy atom. The van der Waals surface area contributed by atoms with Crippen LogP contribution >= 0.6 is 0 Å². The normalized spacial score (nSPS) is 10.3. The van der Waals surface area contributed by atoms with Gasteiger partial charge in [0.2, 0.25) is 0 Å². The summed E-state index contributed by atoms with van der Waals surface area (Å²) >= 11 is 0. The van der Waals surface area contributed by atoms with E-state index in [-0.39, 0.29) is 0 Å². The van der Waals surface area contributed by atoms with E-state index in [0.717, 1.165) is 12.8 Å². The summed E-state index contributed by atoms with van der Waals surface area (Å²) < 4.78 is 0. The first-order chi connectivity index (χ1) is 7.74. The van der Waals surface area contributed by atoms with Crippen molar-refractivity contribution < 1.29 is 0 Å². The number of aromatic nitrogens is 1. The van der Waals surface area contributed by atoms with Crippen molar-refractivity contribution in [1.29, 1.82) is 0 Å². The maximum Gasteiger partial charge on any atom is 0.123 e. The molecule has 0 aliphatic rings. The molecule has 0 unspecified atom stereocenters. The number of benzene rings is 1. The van der Waals surface area contributed by atoms with E-state index in [1.807, 2.05) is 12.1 Å². The second kappa shape index (κ2) is 4.79. The van der Waals surface area contributed by atoms with Gasteiger partial charge < -0.3 is 5.73 Å². The number of pyridine rings is 1. The average molecular weight is 212 g/mol. The third kappa shape index (κ3) is 2.83. The molecule has 82 valence electrons. The lowest BCUT2D eigenvalue weighted by atomic mass is 10.0. The molecule has 2 nitrogen and oxygen atoms in total. The van der Waals surface area contributed by atoms with E-state index in [9.17, 15) is 0 Å². The average Bonchev–Trinajstić information content (AvgIpc) is 2.28. The van der Waals surface area contributed by atoms with E-state index in [4.69, 9.17) is 5.73 Å². The number of nitrogen functional groups attached to an aromatic ring is 1. The Balaban J connectivity index is 1.99. The van der Waals surface area contributed by atoms with Gasteiger partial charge in [0.15, 0.2) is 0 Å². The van der Waals surface area contributed by atoms with Gasteiger partial charge in [-0.05, 0) is 43.0 Å². The van der Waals surface area contributed by atoms with Crippen molar-refractivity contribution in [3.63, 3.8) is 0 Å². The highest BCUT2D eigenvalue weighted by Crippen LogP contribution is 2.09. The van der Waals surface area contributed by atoms with Crippen LogP contribution in [0.4, 0.5) is 5.82 Å². The molecule has 2 heteroatoms. The third-order valence-electron chi connectivity index (χ3n) is 2.67. The molecule has 2 N–H and O–H groups in total. The fourth-order valence-electron chi connectivity index (χ4n) is 1.69. The van der Waals surface area contributed by atoms with Gasteiger partial charge in [0.05, 0.1) is 0 Å². The first-order valence-electron chi connectivity index (χ1n) is 5.50. The topological polar surface area (TPSA) is 38.9 Å². The summed E-state index contributed by atoms with van der Waals surface area (Å²) in [6, 6.07) is 12.6. The minimum Gasteiger partial charge on any atom is -0.384 e. The minimum atomic E-state index is 0.599. The molecule has 16 heavy (non-hydrogen) atoms. The van der Waals surface area contributed by atoms with Crippen molar-refractivity contribution in [3.8, 4) is 0 Å². The molecule has 0 aliphatic carbocycles. The molecular weight excluding hydrogens is 196 g/mol. The highest BCUT2D eigenvalue weighted by atomic mass is 14.8. The molecule has 0 amide bonds. The van der Waals surface area contributed by atoms with Crippen molar-refractivity contribution in [2.24, 2.45) is 0 Å². The van der Waals surface area contributed by atoms with Crippen LogP contribution in [0.2, 0.25) is 0 Å². The molecule has 2 aromatic rings. The van der Waals surface area contributed by atoms with E-state index >= 15 is 0 Å². The number of anilines is 1. The van der Waals surface area contributed by atoms with Crippen molar-refractivity contribution >= 4 is 5.82 Å². The van der Waals surface area contributed by atoms with Crippen molar-refractivity contribution in [2.75, 3.05) is 5.73 Å². The lowest BCUT2D eigenvalue weighted by Gasteiger charge is -2.03. The highest BCUT2D eigenvalue weighted by Gasteiger charge is 1.96. The first-order valence-corrected chi connectivity index (χ1v) is 5.50. The van der Waals surface area contributed by atoms with Crippen molar-refractivity contribution in [2.45, 2.75) is 19.8 Å². The molecule has 0 saturated heterocycles. The predicted octanol–water partition coefficient (Wildman–Crippen LogP) is 2.76. The maximum absolute atomic E-state index is 5.64. The Kier molecular flexibility index (Phi) is 3.20. The molecule has 0 atom stereocenters. The van der Waals surface area contributed by atoms with Crippen LogP contribution in [0.3, 0.4) is 0 Å². The minimum absolute atomic E-state index is 0.599. The summed E-state index contributed by atoms with van der Waals surface area (Å²) in [5.41, 5.74) is 9.54. The van der Waals surface area contributed by atoms with Gasteiger partial charge in [-0.2, -0.15) is 0 Å². The number of rotatable bonds is 3. The number of aryl methyl sites for hydroxylation is 3. The standard InChI is InChI=1S/C14H16N2/c1-11-2-4-12(5-3-11)6-7-13-8-9-16-14(15)10-13/h2-5,8-10H,6-7H2,1H3,(H2,15,16). The molecule has 0 saturated carbocycles. The van der Waals surface area contributed by atoms with E-state index < -0.39 is 0 Å². The summed E-state index contributed by atoms with van der Waals surface area (Å²) in [4.78, 5) is 3.98. The van der Waals surface area contributed by atoms with E-state index in [2.05, 4.69) is 36.2 Å². The van der Waals surface area contributed by atoms with Crippen LogP contribution in [-0.4, -0.2) is 4.98 Å². The molecule has 0 fully saturated rings. The quantitative estimate of drug-likeness (QED) is 0.849. The maximum atomic E-state index is 5.64. The summed E-state index contributed by atoms with van der Waals surface area (Å²) in [5, 5.41) is 0. The Bertz CT molecular complexity index is 460. The molecule has 0 aliphatic heterocycles. The van der Waals surface area contributed by atoms with Crippen molar-refractivity contribution in [1.82, 2.24) is 4.98 Å². The van der Waals surface area contributed by atoms with Gasteiger partial charge >= 0.3 is 0 Å². The van der Waals surface area contributed by atoms with E-state index in [1.54, 1.807) is 6.20 Å². The molecule has 1 heterocycles. The SMILES string of the molecule is Cc1ccc(CCc2ccnc(N)c2)cc1. The number of nitrogens with zero attached hydrogens (tertiary/aromatic N) is 1.